The highest BCUT2D eigenvalue weighted by atomic mass is 35.5. The largest absolute Gasteiger partial charge is 0.465 e. The molecule has 5 nitrogen and oxygen atoms in total. The number of carbonyl (C=O) groups is 1. The van der Waals surface area contributed by atoms with Crippen molar-refractivity contribution in [1.82, 2.24) is 4.90 Å². The minimum Gasteiger partial charge on any atom is -0.465 e. The van der Waals surface area contributed by atoms with Crippen molar-refractivity contribution < 1.29 is 15.0 Å². The Morgan fingerprint density at radius 3 is 2.67 bits per heavy atom. The van der Waals surface area contributed by atoms with E-state index in [0.717, 1.165) is 30.8 Å². The maximum atomic E-state index is 11.4. The third-order valence-electron chi connectivity index (χ3n) is 3.66. The Morgan fingerprint density at radius 1 is 1.33 bits per heavy atom. The van der Waals surface area contributed by atoms with Gasteiger partial charge in [0.2, 0.25) is 0 Å². The molecular weight excluding hydrogens is 292 g/mol. The lowest BCUT2D eigenvalue weighted by Crippen LogP contribution is -2.43. The smallest absolute Gasteiger partial charge is 0.411 e. The first-order chi connectivity index (χ1) is 10.1. The zero-order valence-electron chi connectivity index (χ0n) is 11.9. The number of hydrogen-bond donors (Lipinski definition) is 2. The summed E-state index contributed by atoms with van der Waals surface area (Å²) in [6, 6.07) is 6.65. The van der Waals surface area contributed by atoms with Crippen LogP contribution >= 0.6 is 11.6 Å². The maximum absolute atomic E-state index is 11.4. The molecule has 0 aliphatic carbocycles. The Balaban J connectivity index is 1.97. The number of nitrogens with zero attached hydrogens (tertiary/aromatic N) is 2. The molecule has 1 heterocycles. The number of hydrogen-bond acceptors (Lipinski definition) is 3. The summed E-state index contributed by atoms with van der Waals surface area (Å²) < 4.78 is 0. The average Bonchev–Trinajstić information content (AvgIpc) is 2.45. The van der Waals surface area contributed by atoms with Gasteiger partial charge in [0.05, 0.1) is 12.6 Å². The summed E-state index contributed by atoms with van der Waals surface area (Å²) in [7, 11) is 0. The minimum atomic E-state index is -1.09. The van der Waals surface area contributed by atoms with E-state index in [-0.39, 0.29) is 6.54 Å². The van der Waals surface area contributed by atoms with Gasteiger partial charge in [-0.2, -0.15) is 0 Å². The Bertz CT molecular complexity index is 478. The van der Waals surface area contributed by atoms with Crippen LogP contribution in [-0.2, 0) is 0 Å². The molecule has 2 rings (SSSR count). The number of piperidine rings is 1. The molecule has 1 aliphatic rings. The van der Waals surface area contributed by atoms with Crippen LogP contribution in [0.4, 0.5) is 10.5 Å². The number of anilines is 1. The van der Waals surface area contributed by atoms with E-state index >= 15 is 0 Å². The molecule has 1 aromatic rings. The summed E-state index contributed by atoms with van der Waals surface area (Å²) >= 11 is 5.90. The number of rotatable bonds is 5. The summed E-state index contributed by atoms with van der Waals surface area (Å²) in [5.41, 5.74) is 0.479. The molecule has 1 aromatic carbocycles. The zero-order valence-corrected chi connectivity index (χ0v) is 12.7. The fourth-order valence-electron chi connectivity index (χ4n) is 2.65. The highest BCUT2D eigenvalue weighted by molar-refractivity contribution is 6.30. The van der Waals surface area contributed by atoms with Crippen molar-refractivity contribution in [2.24, 2.45) is 0 Å². The number of likely N-dealkylation sites (tertiary alicyclic amines) is 1. The number of aliphatic hydroxyl groups excluding tert-OH is 1. The number of halogens is 1. The number of aliphatic hydroxyl groups is 1. The Labute approximate surface area is 129 Å². The molecule has 1 aliphatic heterocycles. The topological polar surface area (TPSA) is 64.0 Å². The molecule has 0 spiro atoms. The van der Waals surface area contributed by atoms with E-state index in [4.69, 9.17) is 11.6 Å². The van der Waals surface area contributed by atoms with E-state index in [1.54, 1.807) is 24.3 Å². The van der Waals surface area contributed by atoms with Crippen molar-refractivity contribution in [2.45, 2.75) is 25.4 Å². The van der Waals surface area contributed by atoms with Gasteiger partial charge in [-0.1, -0.05) is 24.1 Å². The standard InChI is InChI=1S/C15H21ClN2O3/c16-12-5-4-6-13(9-12)18(15(20)21)11-14(19)10-17-7-2-1-3-8-17/h4-6,9,14,19H,1-3,7-8,10-11H2,(H,20,21). The quantitative estimate of drug-likeness (QED) is 0.877. The molecule has 21 heavy (non-hydrogen) atoms. The molecule has 1 atom stereocenters. The van der Waals surface area contributed by atoms with Crippen LogP contribution in [0.25, 0.3) is 0 Å². The summed E-state index contributed by atoms with van der Waals surface area (Å²) in [5, 5.41) is 20.0. The van der Waals surface area contributed by atoms with Gasteiger partial charge >= 0.3 is 6.09 Å². The molecule has 0 bridgehead atoms. The first-order valence-corrected chi connectivity index (χ1v) is 7.60. The van der Waals surface area contributed by atoms with E-state index in [1.807, 2.05) is 0 Å². The van der Waals surface area contributed by atoms with Crippen LogP contribution < -0.4 is 4.90 Å². The summed E-state index contributed by atoms with van der Waals surface area (Å²) in [6.45, 7) is 2.50. The van der Waals surface area contributed by atoms with Crippen molar-refractivity contribution in [3.05, 3.63) is 29.3 Å². The van der Waals surface area contributed by atoms with E-state index in [2.05, 4.69) is 4.90 Å². The molecule has 1 saturated heterocycles. The number of carboxylic acid groups (broad SMARTS) is 1. The second-order valence-electron chi connectivity index (χ2n) is 5.39. The lowest BCUT2D eigenvalue weighted by Gasteiger charge is -2.30. The van der Waals surface area contributed by atoms with Gasteiger partial charge in [0, 0.05) is 17.3 Å². The van der Waals surface area contributed by atoms with Crippen LogP contribution in [0.2, 0.25) is 5.02 Å². The van der Waals surface area contributed by atoms with Crippen LogP contribution in [0, 0.1) is 0 Å². The predicted molar refractivity (Wildman–Crippen MR) is 83.1 cm³/mol. The van der Waals surface area contributed by atoms with Gasteiger partial charge in [0.1, 0.15) is 0 Å². The minimum absolute atomic E-state index is 0.0478. The molecule has 1 fully saturated rings. The lowest BCUT2D eigenvalue weighted by molar-refractivity contribution is 0.104. The summed E-state index contributed by atoms with van der Waals surface area (Å²) in [4.78, 5) is 14.7. The lowest BCUT2D eigenvalue weighted by atomic mass is 10.1. The monoisotopic (exact) mass is 312 g/mol. The van der Waals surface area contributed by atoms with Gasteiger partial charge in [-0.25, -0.2) is 4.79 Å². The predicted octanol–water partition coefficient (Wildman–Crippen LogP) is 2.67. The van der Waals surface area contributed by atoms with Crippen molar-refractivity contribution in [2.75, 3.05) is 31.1 Å². The average molecular weight is 313 g/mol. The van der Waals surface area contributed by atoms with Gasteiger partial charge in [0.15, 0.2) is 0 Å². The van der Waals surface area contributed by atoms with Gasteiger partial charge < -0.3 is 15.1 Å². The van der Waals surface area contributed by atoms with Crippen molar-refractivity contribution >= 4 is 23.4 Å². The molecular formula is C15H21ClN2O3. The third kappa shape index (κ3) is 4.88. The normalized spacial score (nSPS) is 17.4. The van der Waals surface area contributed by atoms with Crippen molar-refractivity contribution in [3.8, 4) is 0 Å². The van der Waals surface area contributed by atoms with Gasteiger partial charge in [-0.3, -0.25) is 4.90 Å². The van der Waals surface area contributed by atoms with Crippen LogP contribution in [0.1, 0.15) is 19.3 Å². The molecule has 2 N–H and O–H groups in total. The van der Waals surface area contributed by atoms with Crippen molar-refractivity contribution in [1.29, 1.82) is 0 Å². The summed E-state index contributed by atoms with van der Waals surface area (Å²) in [5.74, 6) is 0. The Kier molecular flexibility index (Phi) is 5.85. The molecule has 6 heteroatoms. The molecule has 0 radical (unpaired) electrons. The van der Waals surface area contributed by atoms with Gasteiger partial charge in [-0.05, 0) is 44.1 Å². The summed E-state index contributed by atoms with van der Waals surface area (Å²) in [6.07, 6.45) is 1.72. The van der Waals surface area contributed by atoms with E-state index in [0.29, 0.717) is 17.3 Å². The van der Waals surface area contributed by atoms with Crippen LogP contribution in [0.3, 0.4) is 0 Å². The van der Waals surface area contributed by atoms with Crippen LogP contribution in [0.5, 0.6) is 0 Å². The van der Waals surface area contributed by atoms with Crippen LogP contribution in [0.15, 0.2) is 24.3 Å². The molecule has 0 aromatic heterocycles. The first-order valence-electron chi connectivity index (χ1n) is 7.22. The van der Waals surface area contributed by atoms with E-state index in [9.17, 15) is 15.0 Å². The number of β-amino-alcohol motifs (C(OH)–C–C–N with tert-alkyl or cyclic N) is 1. The van der Waals surface area contributed by atoms with Gasteiger partial charge in [0.25, 0.3) is 0 Å². The van der Waals surface area contributed by atoms with Crippen molar-refractivity contribution in [3.63, 3.8) is 0 Å². The first kappa shape index (κ1) is 16.1. The number of amides is 1. The highest BCUT2D eigenvalue weighted by Gasteiger charge is 2.21. The fourth-order valence-corrected chi connectivity index (χ4v) is 2.83. The van der Waals surface area contributed by atoms with Crippen LogP contribution in [-0.4, -0.2) is 53.5 Å². The molecule has 0 saturated carbocycles. The van der Waals surface area contributed by atoms with E-state index in [1.165, 1.54) is 6.42 Å². The zero-order chi connectivity index (χ0) is 15.2. The number of benzene rings is 1. The second-order valence-corrected chi connectivity index (χ2v) is 5.82. The van der Waals surface area contributed by atoms with E-state index < -0.39 is 12.2 Å². The molecule has 1 amide bonds. The Morgan fingerprint density at radius 2 is 2.05 bits per heavy atom. The maximum Gasteiger partial charge on any atom is 0.411 e. The fraction of sp³-hybridized carbons (Fsp3) is 0.533. The van der Waals surface area contributed by atoms with Gasteiger partial charge in [-0.15, -0.1) is 0 Å². The molecule has 116 valence electrons. The second kappa shape index (κ2) is 7.64. The highest BCUT2D eigenvalue weighted by Crippen LogP contribution is 2.20. The SMILES string of the molecule is O=C(O)N(CC(O)CN1CCCCC1)c1cccc(Cl)c1. The Hall–Kier alpha value is -1.30. The molecule has 1 unspecified atom stereocenters. The third-order valence-corrected chi connectivity index (χ3v) is 3.90.